The molecule has 2 saturated heterocycles. The van der Waals surface area contributed by atoms with Crippen molar-refractivity contribution in [3.05, 3.63) is 0 Å². The first-order valence-corrected chi connectivity index (χ1v) is 6.97. The summed E-state index contributed by atoms with van der Waals surface area (Å²) in [4.78, 5) is 0. The molecule has 0 unspecified atom stereocenters. The first-order valence-electron chi connectivity index (χ1n) is 6.97. The molecule has 0 bridgehead atoms. The van der Waals surface area contributed by atoms with E-state index in [0.717, 1.165) is 0 Å². The van der Waals surface area contributed by atoms with Crippen molar-refractivity contribution in [2.75, 3.05) is 13.2 Å². The van der Waals surface area contributed by atoms with Crippen LogP contribution < -0.4 is 0 Å². The maximum Gasteiger partial charge on any atom is 0.184 e. The molecule has 2 heterocycles. The Balaban J connectivity index is 2.06. The minimum Gasteiger partial charge on any atom is -0.394 e. The van der Waals surface area contributed by atoms with Crippen LogP contribution in [-0.2, 0) is 14.2 Å². The lowest BCUT2D eigenvalue weighted by molar-refractivity contribution is -0.343. The van der Waals surface area contributed by atoms with Gasteiger partial charge in [0.05, 0.1) is 19.3 Å². The maximum atomic E-state index is 9.94. The van der Waals surface area contributed by atoms with Gasteiger partial charge in [-0.15, -0.1) is 0 Å². The highest BCUT2D eigenvalue weighted by Crippen LogP contribution is 2.28. The van der Waals surface area contributed by atoms with Gasteiger partial charge >= 0.3 is 0 Å². The van der Waals surface area contributed by atoms with E-state index in [1.807, 2.05) is 0 Å². The van der Waals surface area contributed by atoms with Gasteiger partial charge in [0.1, 0.15) is 36.6 Å². The van der Waals surface area contributed by atoms with E-state index in [0.29, 0.717) is 0 Å². The lowest BCUT2D eigenvalue weighted by atomic mass is 9.98. The molecule has 2 aliphatic heterocycles. The van der Waals surface area contributed by atoms with Crippen LogP contribution in [-0.4, -0.2) is 104 Å². The zero-order valence-corrected chi connectivity index (χ0v) is 11.7. The van der Waals surface area contributed by atoms with Gasteiger partial charge in [-0.25, -0.2) is 0 Å². The summed E-state index contributed by atoms with van der Waals surface area (Å²) in [7, 11) is 0. The SMILES string of the molecule is OC[C@H]1O[C@@H](O)[C@H](O)[C@@H](O)[C@@H]1O[C@H]1O[C@H](CO)[C@@H](O)C[C@H]1O. The molecular formula is C12H22O10. The van der Waals surface area contributed by atoms with Crippen molar-refractivity contribution < 1.29 is 50.0 Å². The van der Waals surface area contributed by atoms with E-state index in [9.17, 15) is 30.6 Å². The maximum absolute atomic E-state index is 9.94. The summed E-state index contributed by atoms with van der Waals surface area (Å²) in [5.74, 6) is 0. The highest BCUT2D eigenvalue weighted by molar-refractivity contribution is 4.91. The van der Waals surface area contributed by atoms with Crippen LogP contribution in [0.5, 0.6) is 0 Å². The van der Waals surface area contributed by atoms with Crippen LogP contribution in [0.2, 0.25) is 0 Å². The third-order valence-corrected chi connectivity index (χ3v) is 3.85. The molecule has 7 N–H and O–H groups in total. The average molecular weight is 326 g/mol. The third-order valence-electron chi connectivity index (χ3n) is 3.85. The van der Waals surface area contributed by atoms with Crippen molar-refractivity contribution in [2.24, 2.45) is 0 Å². The second-order valence-electron chi connectivity index (χ2n) is 5.43. The fourth-order valence-corrected chi connectivity index (χ4v) is 2.54. The van der Waals surface area contributed by atoms with Crippen LogP contribution in [0.15, 0.2) is 0 Å². The van der Waals surface area contributed by atoms with Gasteiger partial charge in [-0.05, 0) is 0 Å². The Morgan fingerprint density at radius 3 is 2.05 bits per heavy atom. The molecule has 2 rings (SSSR count). The van der Waals surface area contributed by atoms with Crippen LogP contribution >= 0.6 is 0 Å². The quantitative estimate of drug-likeness (QED) is 0.268. The minimum atomic E-state index is -1.68. The van der Waals surface area contributed by atoms with Crippen LogP contribution in [0.4, 0.5) is 0 Å². The molecule has 0 aromatic rings. The third kappa shape index (κ3) is 3.57. The topological polar surface area (TPSA) is 169 Å². The molecule has 22 heavy (non-hydrogen) atoms. The minimum absolute atomic E-state index is 0.117. The Labute approximate surface area is 126 Å². The van der Waals surface area contributed by atoms with Gasteiger partial charge < -0.3 is 50.0 Å². The smallest absolute Gasteiger partial charge is 0.184 e. The Morgan fingerprint density at radius 1 is 0.818 bits per heavy atom. The molecule has 2 fully saturated rings. The van der Waals surface area contributed by atoms with Gasteiger partial charge in [0, 0.05) is 6.42 Å². The molecule has 0 saturated carbocycles. The van der Waals surface area contributed by atoms with Crippen LogP contribution in [0.1, 0.15) is 6.42 Å². The lowest BCUT2D eigenvalue weighted by Gasteiger charge is -2.44. The highest BCUT2D eigenvalue weighted by Gasteiger charge is 2.47. The number of aliphatic hydroxyl groups excluding tert-OH is 7. The predicted octanol–water partition coefficient (Wildman–Crippen LogP) is -4.37. The molecule has 0 aromatic carbocycles. The van der Waals surface area contributed by atoms with E-state index in [2.05, 4.69) is 0 Å². The summed E-state index contributed by atoms with van der Waals surface area (Å²) in [6.07, 6.45) is -12.1. The Kier molecular flexibility index (Phi) is 6.07. The van der Waals surface area contributed by atoms with Crippen molar-refractivity contribution in [2.45, 2.75) is 61.7 Å². The second-order valence-corrected chi connectivity index (χ2v) is 5.43. The molecule has 10 nitrogen and oxygen atoms in total. The Morgan fingerprint density at radius 2 is 1.45 bits per heavy atom. The first-order chi connectivity index (χ1) is 10.4. The molecule has 0 amide bonds. The van der Waals surface area contributed by atoms with Gasteiger partial charge in [0.15, 0.2) is 12.6 Å². The Bertz CT molecular complexity index is 353. The van der Waals surface area contributed by atoms with E-state index in [-0.39, 0.29) is 6.42 Å². The van der Waals surface area contributed by atoms with Crippen molar-refractivity contribution in [1.82, 2.24) is 0 Å². The van der Waals surface area contributed by atoms with Gasteiger partial charge in [0.25, 0.3) is 0 Å². The van der Waals surface area contributed by atoms with Crippen LogP contribution in [0.3, 0.4) is 0 Å². The number of ether oxygens (including phenoxy) is 3. The number of hydrogen-bond donors (Lipinski definition) is 7. The molecule has 0 aliphatic carbocycles. The van der Waals surface area contributed by atoms with Crippen LogP contribution in [0, 0.1) is 0 Å². The fraction of sp³-hybridized carbons (Fsp3) is 1.00. The number of rotatable bonds is 4. The number of hydrogen-bond acceptors (Lipinski definition) is 10. The predicted molar refractivity (Wildman–Crippen MR) is 67.2 cm³/mol. The molecule has 0 radical (unpaired) electrons. The molecule has 10 heteroatoms. The second kappa shape index (κ2) is 7.45. The lowest BCUT2D eigenvalue weighted by Crippen LogP contribution is -2.62. The van der Waals surface area contributed by atoms with Crippen molar-refractivity contribution in [3.8, 4) is 0 Å². The summed E-state index contributed by atoms with van der Waals surface area (Å²) < 4.78 is 15.5. The molecule has 2 aliphatic rings. The zero-order valence-electron chi connectivity index (χ0n) is 11.7. The van der Waals surface area contributed by atoms with Crippen molar-refractivity contribution in [3.63, 3.8) is 0 Å². The van der Waals surface area contributed by atoms with Gasteiger partial charge in [-0.1, -0.05) is 0 Å². The summed E-state index contributed by atoms with van der Waals surface area (Å²) in [5.41, 5.74) is 0. The highest BCUT2D eigenvalue weighted by atomic mass is 16.7. The van der Waals surface area contributed by atoms with E-state index in [4.69, 9.17) is 19.3 Å². The summed E-state index contributed by atoms with van der Waals surface area (Å²) in [5, 5.41) is 66.7. The van der Waals surface area contributed by atoms with Crippen LogP contribution in [0.25, 0.3) is 0 Å². The first kappa shape index (κ1) is 17.9. The zero-order chi connectivity index (χ0) is 16.4. The van der Waals surface area contributed by atoms with E-state index in [1.54, 1.807) is 0 Å². The Hall–Kier alpha value is -0.400. The van der Waals surface area contributed by atoms with Gasteiger partial charge in [-0.2, -0.15) is 0 Å². The van der Waals surface area contributed by atoms with Gasteiger partial charge in [-0.3, -0.25) is 0 Å². The summed E-state index contributed by atoms with van der Waals surface area (Å²) >= 11 is 0. The van der Waals surface area contributed by atoms with Crippen molar-refractivity contribution in [1.29, 1.82) is 0 Å². The van der Waals surface area contributed by atoms with E-state index < -0.39 is 68.5 Å². The summed E-state index contributed by atoms with van der Waals surface area (Å²) in [6, 6.07) is 0. The van der Waals surface area contributed by atoms with Crippen molar-refractivity contribution >= 4 is 0 Å². The van der Waals surface area contributed by atoms with E-state index >= 15 is 0 Å². The monoisotopic (exact) mass is 326 g/mol. The average Bonchev–Trinajstić information content (AvgIpc) is 2.49. The fourth-order valence-electron chi connectivity index (χ4n) is 2.54. The molecule has 130 valence electrons. The summed E-state index contributed by atoms with van der Waals surface area (Å²) in [6.45, 7) is -1.11. The standard InChI is InChI=1S/C12H22O10/c13-2-6-4(15)1-5(16)12(21-6)22-10-7(3-14)20-11(19)9(18)8(10)17/h4-19H,1-3H2/t4-,5+,6+,7+,8+,9+,10+,11+,12+/m0/s1. The number of aliphatic hydroxyl groups is 7. The normalized spacial score (nSPS) is 50.0. The van der Waals surface area contributed by atoms with E-state index in [1.165, 1.54) is 0 Å². The molecular weight excluding hydrogens is 304 g/mol. The molecule has 0 spiro atoms. The molecule has 0 aromatic heterocycles. The van der Waals surface area contributed by atoms with Gasteiger partial charge in [0.2, 0.25) is 0 Å². The molecule has 9 atom stereocenters. The largest absolute Gasteiger partial charge is 0.394 e.